The number of halogens is 4. The van der Waals surface area contributed by atoms with Crippen LogP contribution in [0.2, 0.25) is 0 Å². The zero-order valence-electron chi connectivity index (χ0n) is 9.71. The Morgan fingerprint density at radius 2 is 1.47 bits per heavy atom. The summed E-state index contributed by atoms with van der Waals surface area (Å²) in [5.41, 5.74) is 0.346. The first-order valence-corrected chi connectivity index (χ1v) is 5.49. The Morgan fingerprint density at radius 3 is 1.95 bits per heavy atom. The predicted octanol–water partition coefficient (Wildman–Crippen LogP) is 4.00. The van der Waals surface area contributed by atoms with Gasteiger partial charge in [-0.25, -0.2) is 4.39 Å². The molecule has 2 rings (SSSR count). The molecule has 0 spiro atoms. The van der Waals surface area contributed by atoms with Gasteiger partial charge in [-0.3, -0.25) is 0 Å². The highest BCUT2D eigenvalue weighted by molar-refractivity contribution is 5.64. The van der Waals surface area contributed by atoms with Crippen molar-refractivity contribution >= 4 is 0 Å². The molecule has 0 heterocycles. The van der Waals surface area contributed by atoms with Gasteiger partial charge in [0.25, 0.3) is 0 Å². The highest BCUT2D eigenvalue weighted by Crippen LogP contribution is 2.33. The summed E-state index contributed by atoms with van der Waals surface area (Å²) < 4.78 is 50.7. The van der Waals surface area contributed by atoms with Crippen LogP contribution in [-0.2, 0) is 12.8 Å². The first-order valence-electron chi connectivity index (χ1n) is 5.49. The molecule has 0 saturated carbocycles. The summed E-state index contributed by atoms with van der Waals surface area (Å²) in [6, 6.07) is 9.30. The van der Waals surface area contributed by atoms with Gasteiger partial charge in [-0.05, 0) is 28.8 Å². The first-order chi connectivity index (χ1) is 8.91. The van der Waals surface area contributed by atoms with E-state index in [2.05, 4.69) is 0 Å². The van der Waals surface area contributed by atoms with Gasteiger partial charge in [0.1, 0.15) is 5.82 Å². The Labute approximate surface area is 107 Å². The van der Waals surface area contributed by atoms with Gasteiger partial charge in [0.2, 0.25) is 0 Å². The van der Waals surface area contributed by atoms with Gasteiger partial charge < -0.3 is 5.11 Å². The van der Waals surface area contributed by atoms with E-state index in [-0.39, 0.29) is 6.61 Å². The lowest BCUT2D eigenvalue weighted by atomic mass is 10.0. The second kappa shape index (κ2) is 5.01. The Bertz CT molecular complexity index is 573. The van der Waals surface area contributed by atoms with Gasteiger partial charge in [0.15, 0.2) is 0 Å². The van der Waals surface area contributed by atoms with E-state index in [4.69, 9.17) is 5.11 Å². The van der Waals surface area contributed by atoms with Crippen molar-refractivity contribution in [2.75, 3.05) is 0 Å². The van der Waals surface area contributed by atoms with E-state index in [1.807, 2.05) is 0 Å². The molecule has 0 unspecified atom stereocenters. The molecule has 1 nitrogen and oxygen atoms in total. The summed E-state index contributed by atoms with van der Waals surface area (Å²) in [6.07, 6.45) is -4.69. The van der Waals surface area contributed by atoms with E-state index in [0.717, 1.165) is 12.1 Å². The molecule has 19 heavy (non-hydrogen) atoms. The smallest absolute Gasteiger partial charge is 0.392 e. The monoisotopic (exact) mass is 270 g/mol. The quantitative estimate of drug-likeness (QED) is 0.818. The third-order valence-electron chi connectivity index (χ3n) is 2.74. The number of aliphatic hydroxyl groups excluding tert-OH is 1. The Balaban J connectivity index is 2.38. The maximum absolute atomic E-state index is 13.4. The molecule has 0 aliphatic heterocycles. The van der Waals surface area contributed by atoms with Crippen molar-refractivity contribution in [3.8, 4) is 11.1 Å². The van der Waals surface area contributed by atoms with E-state index in [1.54, 1.807) is 24.3 Å². The lowest BCUT2D eigenvalue weighted by Crippen LogP contribution is -2.07. The average molecular weight is 270 g/mol. The van der Waals surface area contributed by atoms with E-state index in [0.29, 0.717) is 16.7 Å². The van der Waals surface area contributed by atoms with Gasteiger partial charge >= 0.3 is 6.18 Å². The molecule has 2 aromatic rings. The molecule has 2 aromatic carbocycles. The minimum atomic E-state index is -4.69. The predicted molar refractivity (Wildman–Crippen MR) is 62.8 cm³/mol. The lowest BCUT2D eigenvalue weighted by Gasteiger charge is -2.09. The highest BCUT2D eigenvalue weighted by atomic mass is 19.4. The van der Waals surface area contributed by atoms with E-state index >= 15 is 0 Å². The molecule has 0 amide bonds. The van der Waals surface area contributed by atoms with Gasteiger partial charge in [-0.2, -0.15) is 13.2 Å². The van der Waals surface area contributed by atoms with Crippen molar-refractivity contribution in [3.05, 3.63) is 59.4 Å². The molecule has 0 atom stereocenters. The lowest BCUT2D eigenvalue weighted by molar-refractivity contribution is -0.139. The fourth-order valence-electron chi connectivity index (χ4n) is 1.73. The second-order valence-corrected chi connectivity index (χ2v) is 4.05. The maximum Gasteiger partial charge on any atom is 0.419 e. The van der Waals surface area contributed by atoms with Crippen LogP contribution in [0, 0.1) is 5.82 Å². The summed E-state index contributed by atoms with van der Waals surface area (Å²) in [7, 11) is 0. The normalized spacial score (nSPS) is 11.6. The number of hydrogen-bond donors (Lipinski definition) is 1. The fraction of sp³-hybridized carbons (Fsp3) is 0.143. The van der Waals surface area contributed by atoms with E-state index in [1.165, 1.54) is 6.07 Å². The summed E-state index contributed by atoms with van der Waals surface area (Å²) in [5.74, 6) is -1.30. The topological polar surface area (TPSA) is 20.2 Å². The second-order valence-electron chi connectivity index (χ2n) is 4.05. The van der Waals surface area contributed by atoms with Crippen molar-refractivity contribution in [1.82, 2.24) is 0 Å². The molecule has 0 saturated heterocycles. The van der Waals surface area contributed by atoms with Crippen LogP contribution < -0.4 is 0 Å². The SMILES string of the molecule is OCc1ccc(-c2ccc(C(F)(F)F)c(F)c2)cc1. The molecular weight excluding hydrogens is 260 g/mol. The summed E-state index contributed by atoms with van der Waals surface area (Å²) >= 11 is 0. The third kappa shape index (κ3) is 2.93. The minimum Gasteiger partial charge on any atom is -0.392 e. The van der Waals surface area contributed by atoms with Crippen LogP contribution in [-0.4, -0.2) is 5.11 Å². The molecular formula is C14H10F4O. The maximum atomic E-state index is 13.4. The van der Waals surface area contributed by atoms with Crippen LogP contribution >= 0.6 is 0 Å². The molecule has 0 aromatic heterocycles. The van der Waals surface area contributed by atoms with Gasteiger partial charge in [0, 0.05) is 0 Å². The number of rotatable bonds is 2. The zero-order chi connectivity index (χ0) is 14.0. The molecule has 0 aliphatic rings. The van der Waals surface area contributed by atoms with E-state index in [9.17, 15) is 17.6 Å². The van der Waals surface area contributed by atoms with Crippen LogP contribution in [0.15, 0.2) is 42.5 Å². The molecule has 1 N–H and O–H groups in total. The van der Waals surface area contributed by atoms with Gasteiger partial charge in [-0.15, -0.1) is 0 Å². The highest BCUT2D eigenvalue weighted by Gasteiger charge is 2.33. The molecule has 0 aliphatic carbocycles. The van der Waals surface area contributed by atoms with Crippen LogP contribution in [0.1, 0.15) is 11.1 Å². The molecule has 100 valence electrons. The summed E-state index contributed by atoms with van der Waals surface area (Å²) in [6.45, 7) is -0.123. The zero-order valence-corrected chi connectivity index (χ0v) is 9.71. The van der Waals surface area contributed by atoms with Crippen LogP contribution in [0.3, 0.4) is 0 Å². The van der Waals surface area contributed by atoms with Crippen molar-refractivity contribution in [1.29, 1.82) is 0 Å². The largest absolute Gasteiger partial charge is 0.419 e. The van der Waals surface area contributed by atoms with Crippen molar-refractivity contribution in [2.45, 2.75) is 12.8 Å². The van der Waals surface area contributed by atoms with Crippen molar-refractivity contribution < 1.29 is 22.7 Å². The molecule has 0 radical (unpaired) electrons. The van der Waals surface area contributed by atoms with Gasteiger partial charge in [0.05, 0.1) is 12.2 Å². The van der Waals surface area contributed by atoms with Crippen LogP contribution in [0.4, 0.5) is 17.6 Å². The van der Waals surface area contributed by atoms with Crippen molar-refractivity contribution in [3.63, 3.8) is 0 Å². The van der Waals surface area contributed by atoms with Crippen molar-refractivity contribution in [2.24, 2.45) is 0 Å². The van der Waals surface area contributed by atoms with E-state index < -0.39 is 17.6 Å². The first kappa shape index (κ1) is 13.5. The number of aliphatic hydroxyl groups is 1. The number of hydrogen-bond acceptors (Lipinski definition) is 1. The standard InChI is InChI=1S/C14H10F4O/c15-13-7-11(5-6-12(13)14(16,17)18)10-3-1-9(8-19)2-4-10/h1-7,19H,8H2. The average Bonchev–Trinajstić information content (AvgIpc) is 2.37. The molecule has 0 bridgehead atoms. The Hall–Kier alpha value is -1.88. The fourth-order valence-corrected chi connectivity index (χ4v) is 1.73. The minimum absolute atomic E-state index is 0.123. The Morgan fingerprint density at radius 1 is 0.895 bits per heavy atom. The summed E-state index contributed by atoms with van der Waals surface area (Å²) in [5, 5.41) is 8.88. The van der Waals surface area contributed by atoms with Crippen LogP contribution in [0.25, 0.3) is 11.1 Å². The van der Waals surface area contributed by atoms with Gasteiger partial charge in [-0.1, -0.05) is 30.3 Å². The Kier molecular flexibility index (Phi) is 3.57. The third-order valence-corrected chi connectivity index (χ3v) is 2.74. The molecule has 0 fully saturated rings. The summed E-state index contributed by atoms with van der Waals surface area (Å²) in [4.78, 5) is 0. The molecule has 5 heteroatoms. The number of benzene rings is 2. The van der Waals surface area contributed by atoms with Crippen LogP contribution in [0.5, 0.6) is 0 Å². The number of alkyl halides is 3.